The van der Waals surface area contributed by atoms with E-state index in [0.29, 0.717) is 0 Å². The van der Waals surface area contributed by atoms with Crippen molar-refractivity contribution in [2.75, 3.05) is 0 Å². The van der Waals surface area contributed by atoms with Crippen molar-refractivity contribution in [2.45, 2.75) is 26.1 Å². The number of rotatable bonds is 2. The van der Waals surface area contributed by atoms with Gasteiger partial charge >= 0.3 is 0 Å². The lowest BCUT2D eigenvalue weighted by Gasteiger charge is -2.17. The molecule has 0 amide bonds. The van der Waals surface area contributed by atoms with E-state index in [1.165, 1.54) is 0 Å². The molecule has 2 N–H and O–H groups in total. The van der Waals surface area contributed by atoms with Crippen molar-refractivity contribution in [2.24, 2.45) is 0 Å². The van der Waals surface area contributed by atoms with Gasteiger partial charge in [-0.25, -0.2) is 0 Å². The quantitative estimate of drug-likeness (QED) is 0.810. The van der Waals surface area contributed by atoms with E-state index in [1.54, 1.807) is 13.8 Å². The third kappa shape index (κ3) is 1.82. The first-order valence-electron chi connectivity index (χ1n) is 5.49. The summed E-state index contributed by atoms with van der Waals surface area (Å²) in [5, 5.41) is 21.6. The van der Waals surface area contributed by atoms with E-state index < -0.39 is 12.2 Å². The van der Waals surface area contributed by atoms with Gasteiger partial charge in [0.15, 0.2) is 0 Å². The average molecular weight is 216 g/mol. The molecule has 0 aromatic heterocycles. The van der Waals surface area contributed by atoms with Crippen LogP contribution < -0.4 is 0 Å². The Morgan fingerprint density at radius 3 is 2.19 bits per heavy atom. The van der Waals surface area contributed by atoms with Gasteiger partial charge in [-0.15, -0.1) is 0 Å². The Morgan fingerprint density at radius 2 is 1.56 bits per heavy atom. The molecule has 16 heavy (non-hydrogen) atoms. The molecule has 0 heterocycles. The SMILES string of the molecule is CC(O)c1ccc2ccccc2c1C(C)O. The summed E-state index contributed by atoms with van der Waals surface area (Å²) in [7, 11) is 0. The van der Waals surface area contributed by atoms with Crippen LogP contribution in [0.5, 0.6) is 0 Å². The normalized spacial score (nSPS) is 15.0. The summed E-state index contributed by atoms with van der Waals surface area (Å²) in [5.41, 5.74) is 1.63. The fraction of sp³-hybridized carbons (Fsp3) is 0.286. The third-order valence-electron chi connectivity index (χ3n) is 2.87. The Labute approximate surface area is 95.2 Å². The Morgan fingerprint density at radius 1 is 0.875 bits per heavy atom. The van der Waals surface area contributed by atoms with Gasteiger partial charge in [-0.2, -0.15) is 0 Å². The zero-order valence-electron chi connectivity index (χ0n) is 9.51. The van der Waals surface area contributed by atoms with Crippen LogP contribution in [0.3, 0.4) is 0 Å². The second-order valence-corrected chi connectivity index (χ2v) is 4.14. The molecule has 0 fully saturated rings. The maximum absolute atomic E-state index is 9.84. The molecule has 0 aliphatic rings. The number of hydrogen-bond acceptors (Lipinski definition) is 2. The molecule has 0 saturated heterocycles. The molecule has 0 aliphatic carbocycles. The van der Waals surface area contributed by atoms with E-state index >= 15 is 0 Å². The van der Waals surface area contributed by atoms with Crippen LogP contribution in [-0.2, 0) is 0 Å². The van der Waals surface area contributed by atoms with Crippen molar-refractivity contribution >= 4 is 10.8 Å². The predicted molar refractivity (Wildman–Crippen MR) is 65.2 cm³/mol. The Hall–Kier alpha value is -1.38. The first-order valence-corrected chi connectivity index (χ1v) is 5.49. The van der Waals surface area contributed by atoms with Gasteiger partial charge in [0.1, 0.15) is 0 Å². The maximum atomic E-state index is 9.84. The van der Waals surface area contributed by atoms with Crippen molar-refractivity contribution in [3.8, 4) is 0 Å². The molecular formula is C14H16O2. The molecule has 2 nitrogen and oxygen atoms in total. The number of benzene rings is 2. The summed E-state index contributed by atoms with van der Waals surface area (Å²) in [6.07, 6.45) is -1.13. The van der Waals surface area contributed by atoms with E-state index in [2.05, 4.69) is 0 Å². The van der Waals surface area contributed by atoms with Crippen LogP contribution in [0.15, 0.2) is 36.4 Å². The van der Waals surface area contributed by atoms with Crippen LogP contribution in [0.2, 0.25) is 0 Å². The highest BCUT2D eigenvalue weighted by Crippen LogP contribution is 2.31. The minimum absolute atomic E-state index is 0.561. The van der Waals surface area contributed by atoms with Crippen molar-refractivity contribution in [3.63, 3.8) is 0 Å². The van der Waals surface area contributed by atoms with Gasteiger partial charge in [0.05, 0.1) is 12.2 Å². The van der Waals surface area contributed by atoms with Crippen molar-refractivity contribution in [1.29, 1.82) is 0 Å². The smallest absolute Gasteiger partial charge is 0.0771 e. The highest BCUT2D eigenvalue weighted by Gasteiger charge is 2.14. The van der Waals surface area contributed by atoms with Crippen LogP contribution in [-0.4, -0.2) is 10.2 Å². The van der Waals surface area contributed by atoms with E-state index in [-0.39, 0.29) is 0 Å². The molecule has 2 atom stereocenters. The van der Waals surface area contributed by atoms with Crippen LogP contribution in [0.4, 0.5) is 0 Å². The van der Waals surface area contributed by atoms with Crippen LogP contribution in [0.25, 0.3) is 10.8 Å². The Balaban J connectivity index is 2.79. The molecule has 0 spiro atoms. The summed E-state index contributed by atoms with van der Waals surface area (Å²) in [6, 6.07) is 11.8. The summed E-state index contributed by atoms with van der Waals surface area (Å²) in [6.45, 7) is 3.45. The molecule has 0 saturated carbocycles. The Bertz CT molecular complexity index is 501. The van der Waals surface area contributed by atoms with Crippen LogP contribution >= 0.6 is 0 Å². The van der Waals surface area contributed by atoms with Gasteiger partial charge in [0, 0.05) is 0 Å². The second kappa shape index (κ2) is 4.24. The van der Waals surface area contributed by atoms with Gasteiger partial charge in [0.25, 0.3) is 0 Å². The van der Waals surface area contributed by atoms with Gasteiger partial charge in [-0.1, -0.05) is 36.4 Å². The minimum atomic E-state index is -0.573. The monoisotopic (exact) mass is 216 g/mol. The molecule has 0 aliphatic heterocycles. The first-order chi connectivity index (χ1) is 7.61. The van der Waals surface area contributed by atoms with E-state index in [9.17, 15) is 10.2 Å². The molecule has 2 aromatic carbocycles. The zero-order valence-corrected chi connectivity index (χ0v) is 9.51. The lowest BCUT2D eigenvalue weighted by molar-refractivity contribution is 0.176. The summed E-state index contributed by atoms with van der Waals surface area (Å²) in [4.78, 5) is 0. The van der Waals surface area contributed by atoms with Gasteiger partial charge in [-0.3, -0.25) is 0 Å². The highest BCUT2D eigenvalue weighted by molar-refractivity contribution is 5.87. The zero-order chi connectivity index (χ0) is 11.7. The van der Waals surface area contributed by atoms with E-state index in [0.717, 1.165) is 21.9 Å². The minimum Gasteiger partial charge on any atom is -0.389 e. The molecule has 2 aromatic rings. The van der Waals surface area contributed by atoms with Crippen molar-refractivity contribution in [3.05, 3.63) is 47.5 Å². The molecule has 2 unspecified atom stereocenters. The summed E-state index contributed by atoms with van der Waals surface area (Å²) >= 11 is 0. The highest BCUT2D eigenvalue weighted by atomic mass is 16.3. The lowest BCUT2D eigenvalue weighted by Crippen LogP contribution is -2.02. The predicted octanol–water partition coefficient (Wildman–Crippen LogP) is 2.95. The van der Waals surface area contributed by atoms with Crippen LogP contribution in [0, 0.1) is 0 Å². The lowest BCUT2D eigenvalue weighted by atomic mass is 9.93. The molecule has 0 bridgehead atoms. The largest absolute Gasteiger partial charge is 0.389 e. The van der Waals surface area contributed by atoms with E-state index in [1.807, 2.05) is 36.4 Å². The van der Waals surface area contributed by atoms with Gasteiger partial charge < -0.3 is 10.2 Å². The standard InChI is InChI=1S/C14H16O2/c1-9(15)12-8-7-11-5-3-4-6-13(11)14(12)10(2)16/h3-10,15-16H,1-2H3. The average Bonchev–Trinajstić information content (AvgIpc) is 2.27. The maximum Gasteiger partial charge on any atom is 0.0771 e. The number of aliphatic hydroxyl groups is 2. The second-order valence-electron chi connectivity index (χ2n) is 4.14. The molecule has 2 heteroatoms. The first kappa shape index (κ1) is 11.1. The fourth-order valence-corrected chi connectivity index (χ4v) is 2.14. The summed E-state index contributed by atoms with van der Waals surface area (Å²) in [5.74, 6) is 0. The van der Waals surface area contributed by atoms with Crippen LogP contribution in [0.1, 0.15) is 37.2 Å². The van der Waals surface area contributed by atoms with Crippen molar-refractivity contribution in [1.82, 2.24) is 0 Å². The number of fused-ring (bicyclic) bond motifs is 1. The molecule has 0 radical (unpaired) electrons. The number of aliphatic hydroxyl groups excluding tert-OH is 2. The number of hydrogen-bond donors (Lipinski definition) is 2. The third-order valence-corrected chi connectivity index (χ3v) is 2.87. The Kier molecular flexibility index (Phi) is 2.95. The topological polar surface area (TPSA) is 40.5 Å². The molecule has 84 valence electrons. The molecular weight excluding hydrogens is 200 g/mol. The fourth-order valence-electron chi connectivity index (χ4n) is 2.14. The molecule has 2 rings (SSSR count). The van der Waals surface area contributed by atoms with Gasteiger partial charge in [-0.05, 0) is 35.7 Å². The van der Waals surface area contributed by atoms with Gasteiger partial charge in [0.2, 0.25) is 0 Å². The van der Waals surface area contributed by atoms with E-state index in [4.69, 9.17) is 0 Å². The van der Waals surface area contributed by atoms with Crippen molar-refractivity contribution < 1.29 is 10.2 Å². The summed E-state index contributed by atoms with van der Waals surface area (Å²) < 4.78 is 0.